The predicted molar refractivity (Wildman–Crippen MR) is 44.4 cm³/mol. The van der Waals surface area contributed by atoms with Crippen LogP contribution in [0.1, 0.15) is 6.42 Å². The maximum absolute atomic E-state index is 11.1. The molecule has 0 aromatic heterocycles. The largest absolute Gasteiger partial charge is 0.294 e. The van der Waals surface area contributed by atoms with Gasteiger partial charge in [-0.15, -0.1) is 0 Å². The van der Waals surface area contributed by atoms with Gasteiger partial charge in [0.05, 0.1) is 5.75 Å². The van der Waals surface area contributed by atoms with E-state index in [1.807, 2.05) is 5.43 Å². The van der Waals surface area contributed by atoms with Crippen LogP contribution in [0, 0.1) is 0 Å². The summed E-state index contributed by atoms with van der Waals surface area (Å²) < 4.78 is 23.2. The average Bonchev–Trinajstić information content (AvgIpc) is 2.00. The molecule has 0 aliphatic carbocycles. The first-order valence-corrected chi connectivity index (χ1v) is 4.90. The molecule has 0 radical (unpaired) electrons. The Morgan fingerprint density at radius 2 is 2.00 bits per heavy atom. The highest BCUT2D eigenvalue weighted by atomic mass is 32.2. The summed E-state index contributed by atoms with van der Waals surface area (Å²) >= 11 is 0. The van der Waals surface area contributed by atoms with E-state index < -0.39 is 15.9 Å². The van der Waals surface area contributed by atoms with Crippen LogP contribution in [-0.2, 0) is 14.8 Å². The molecule has 6 nitrogen and oxygen atoms in total. The Morgan fingerprint density at radius 3 is 2.33 bits per heavy atom. The molecule has 12 heavy (non-hydrogen) atoms. The lowest BCUT2D eigenvalue weighted by Gasteiger charge is -2.09. The summed E-state index contributed by atoms with van der Waals surface area (Å²) in [7, 11) is -0.462. The van der Waals surface area contributed by atoms with Gasteiger partial charge in [-0.3, -0.25) is 10.2 Å². The fourth-order valence-corrected chi connectivity index (χ4v) is 1.28. The van der Waals surface area contributed by atoms with E-state index in [0.29, 0.717) is 0 Å². The number of hydrogen-bond acceptors (Lipinski definition) is 4. The summed E-state index contributed by atoms with van der Waals surface area (Å²) in [5.74, 6) is 4.06. The number of amides is 1. The number of nitrogens with one attached hydrogen (secondary N) is 1. The van der Waals surface area contributed by atoms with E-state index in [1.54, 1.807) is 0 Å². The molecule has 0 aliphatic rings. The average molecular weight is 195 g/mol. The van der Waals surface area contributed by atoms with Crippen LogP contribution < -0.4 is 11.3 Å². The summed E-state index contributed by atoms with van der Waals surface area (Å²) in [6.07, 6.45) is -0.114. The van der Waals surface area contributed by atoms with Crippen molar-refractivity contribution in [1.29, 1.82) is 0 Å². The molecular weight excluding hydrogens is 182 g/mol. The molecule has 0 spiro atoms. The number of carbonyl (C=O) groups is 1. The van der Waals surface area contributed by atoms with Crippen LogP contribution in [0.25, 0.3) is 0 Å². The summed E-state index contributed by atoms with van der Waals surface area (Å²) in [5, 5.41) is 0. The zero-order chi connectivity index (χ0) is 9.78. The van der Waals surface area contributed by atoms with Crippen molar-refractivity contribution >= 4 is 15.9 Å². The first-order valence-electron chi connectivity index (χ1n) is 3.30. The van der Waals surface area contributed by atoms with Crippen LogP contribution in [0.5, 0.6) is 0 Å². The maximum atomic E-state index is 11.1. The first-order chi connectivity index (χ1) is 5.40. The topological polar surface area (TPSA) is 92.5 Å². The van der Waals surface area contributed by atoms with Gasteiger partial charge in [0.25, 0.3) is 0 Å². The lowest BCUT2D eigenvalue weighted by Crippen LogP contribution is -2.33. The number of carbonyl (C=O) groups excluding carboxylic acids is 1. The highest BCUT2D eigenvalue weighted by Gasteiger charge is 2.14. The van der Waals surface area contributed by atoms with Crippen molar-refractivity contribution in [2.75, 3.05) is 19.8 Å². The minimum atomic E-state index is -3.29. The SMILES string of the molecule is CN(C)S(=O)(=O)CCC(=O)NN. The molecule has 1 amide bonds. The monoisotopic (exact) mass is 195 g/mol. The number of sulfonamides is 1. The van der Waals surface area contributed by atoms with Crippen LogP contribution in [-0.4, -0.2) is 38.5 Å². The smallest absolute Gasteiger partial charge is 0.234 e. The predicted octanol–water partition coefficient (Wildman–Crippen LogP) is -1.74. The van der Waals surface area contributed by atoms with Crippen molar-refractivity contribution in [3.63, 3.8) is 0 Å². The molecule has 0 heterocycles. The molecule has 0 rings (SSSR count). The highest BCUT2D eigenvalue weighted by Crippen LogP contribution is 1.96. The van der Waals surface area contributed by atoms with Crippen molar-refractivity contribution in [2.24, 2.45) is 5.84 Å². The molecule has 7 heteroatoms. The fourth-order valence-electron chi connectivity index (χ4n) is 0.476. The number of nitrogens with zero attached hydrogens (tertiary/aromatic N) is 1. The van der Waals surface area contributed by atoms with Gasteiger partial charge < -0.3 is 0 Å². The van der Waals surface area contributed by atoms with Crippen molar-refractivity contribution < 1.29 is 13.2 Å². The molecule has 0 fully saturated rings. The maximum Gasteiger partial charge on any atom is 0.234 e. The summed E-state index contributed by atoms with van der Waals surface area (Å²) in [4.78, 5) is 10.6. The molecule has 0 aliphatic heterocycles. The molecule has 72 valence electrons. The van der Waals surface area contributed by atoms with Crippen LogP contribution in [0.15, 0.2) is 0 Å². The van der Waals surface area contributed by atoms with Gasteiger partial charge in [-0.1, -0.05) is 0 Å². The Balaban J connectivity index is 4.02. The molecule has 0 bridgehead atoms. The zero-order valence-electron chi connectivity index (χ0n) is 7.07. The molecule has 0 saturated heterocycles. The van der Waals surface area contributed by atoms with Gasteiger partial charge in [0, 0.05) is 20.5 Å². The van der Waals surface area contributed by atoms with E-state index in [9.17, 15) is 13.2 Å². The lowest BCUT2D eigenvalue weighted by molar-refractivity contribution is -0.120. The van der Waals surface area contributed by atoms with Crippen LogP contribution in [0.4, 0.5) is 0 Å². The number of hydrogen-bond donors (Lipinski definition) is 2. The third-order valence-corrected chi connectivity index (χ3v) is 3.14. The molecule has 0 saturated carbocycles. The van der Waals surface area contributed by atoms with E-state index in [1.165, 1.54) is 14.1 Å². The quantitative estimate of drug-likeness (QED) is 0.316. The standard InChI is InChI=1S/C5H13N3O3S/c1-8(2)12(10,11)4-3-5(9)7-6/h3-4,6H2,1-2H3,(H,7,9). The third-order valence-electron chi connectivity index (χ3n) is 1.30. The van der Waals surface area contributed by atoms with Crippen LogP contribution >= 0.6 is 0 Å². The van der Waals surface area contributed by atoms with Gasteiger partial charge in [-0.05, 0) is 0 Å². The minimum absolute atomic E-state index is 0.114. The van der Waals surface area contributed by atoms with E-state index in [-0.39, 0.29) is 12.2 Å². The number of rotatable bonds is 4. The van der Waals surface area contributed by atoms with Crippen molar-refractivity contribution in [2.45, 2.75) is 6.42 Å². The Morgan fingerprint density at radius 1 is 1.50 bits per heavy atom. The van der Waals surface area contributed by atoms with E-state index in [0.717, 1.165) is 4.31 Å². The van der Waals surface area contributed by atoms with Crippen molar-refractivity contribution in [3.8, 4) is 0 Å². The second kappa shape index (κ2) is 4.39. The van der Waals surface area contributed by atoms with Gasteiger partial charge in [0.15, 0.2) is 0 Å². The minimum Gasteiger partial charge on any atom is -0.294 e. The first kappa shape index (κ1) is 11.3. The third kappa shape index (κ3) is 3.65. The Labute approximate surface area is 71.7 Å². The van der Waals surface area contributed by atoms with Gasteiger partial charge in [-0.2, -0.15) is 0 Å². The zero-order valence-corrected chi connectivity index (χ0v) is 7.89. The Hall–Kier alpha value is -0.660. The second-order valence-corrected chi connectivity index (χ2v) is 4.72. The highest BCUT2D eigenvalue weighted by molar-refractivity contribution is 7.89. The van der Waals surface area contributed by atoms with Gasteiger partial charge >= 0.3 is 0 Å². The molecule has 0 atom stereocenters. The van der Waals surface area contributed by atoms with Crippen LogP contribution in [0.3, 0.4) is 0 Å². The lowest BCUT2D eigenvalue weighted by atomic mass is 10.5. The molecular formula is C5H13N3O3S. The molecule has 0 aromatic rings. The molecule has 3 N–H and O–H groups in total. The van der Waals surface area contributed by atoms with Crippen molar-refractivity contribution in [3.05, 3.63) is 0 Å². The van der Waals surface area contributed by atoms with E-state index in [2.05, 4.69) is 0 Å². The normalized spacial score (nSPS) is 11.7. The molecule has 0 aromatic carbocycles. The van der Waals surface area contributed by atoms with E-state index in [4.69, 9.17) is 5.84 Å². The number of nitrogens with two attached hydrogens (primary N) is 1. The second-order valence-electron chi connectivity index (χ2n) is 2.42. The van der Waals surface area contributed by atoms with Crippen molar-refractivity contribution in [1.82, 2.24) is 9.73 Å². The van der Waals surface area contributed by atoms with Gasteiger partial charge in [0.2, 0.25) is 15.9 Å². The Bertz CT molecular complexity index is 247. The van der Waals surface area contributed by atoms with E-state index >= 15 is 0 Å². The van der Waals surface area contributed by atoms with Crippen LogP contribution in [0.2, 0.25) is 0 Å². The Kier molecular flexibility index (Phi) is 4.15. The molecule has 0 unspecified atom stereocenters. The van der Waals surface area contributed by atoms with Gasteiger partial charge in [-0.25, -0.2) is 18.6 Å². The number of hydrazine groups is 1. The summed E-state index contributed by atoms with van der Waals surface area (Å²) in [6, 6.07) is 0. The summed E-state index contributed by atoms with van der Waals surface area (Å²) in [5.41, 5.74) is 1.85. The fraction of sp³-hybridized carbons (Fsp3) is 0.800. The summed E-state index contributed by atoms with van der Waals surface area (Å²) in [6.45, 7) is 0. The van der Waals surface area contributed by atoms with Gasteiger partial charge in [0.1, 0.15) is 0 Å².